The zero-order valence-corrected chi connectivity index (χ0v) is 26.1. The second-order valence-corrected chi connectivity index (χ2v) is 11.7. The van der Waals surface area contributed by atoms with Gasteiger partial charge in [-0.25, -0.2) is 13.6 Å². The van der Waals surface area contributed by atoms with Crippen LogP contribution < -0.4 is 15.2 Å². The van der Waals surface area contributed by atoms with Gasteiger partial charge in [-0.05, 0) is 66.2 Å². The lowest BCUT2D eigenvalue weighted by Crippen LogP contribution is -2.28. The van der Waals surface area contributed by atoms with Crippen molar-refractivity contribution in [3.05, 3.63) is 116 Å². The minimum atomic E-state index is -0.970. The first-order chi connectivity index (χ1) is 21.5. The molecule has 12 heteroatoms. The average molecular weight is 695 g/mol. The smallest absolute Gasteiger partial charge is 0.324 e. The third kappa shape index (κ3) is 5.32. The van der Waals surface area contributed by atoms with E-state index < -0.39 is 35.6 Å². The van der Waals surface area contributed by atoms with Gasteiger partial charge in [0.05, 0.1) is 18.7 Å². The van der Waals surface area contributed by atoms with E-state index in [4.69, 9.17) is 26.8 Å². The fraction of sp³-hybridized carbons (Fsp3) is 0.121. The summed E-state index contributed by atoms with van der Waals surface area (Å²) in [5.41, 5.74) is 7.90. The van der Waals surface area contributed by atoms with Gasteiger partial charge in [0.25, 0.3) is 5.91 Å². The van der Waals surface area contributed by atoms with E-state index in [1.807, 2.05) is 0 Å². The predicted octanol–water partition coefficient (Wildman–Crippen LogP) is 7.61. The number of fused-ring (bicyclic) bond motifs is 2. The maximum Gasteiger partial charge on any atom is 0.324 e. The molecule has 0 bridgehead atoms. The zero-order chi connectivity index (χ0) is 32.2. The van der Waals surface area contributed by atoms with Crippen LogP contribution in [0.4, 0.5) is 13.6 Å². The van der Waals surface area contributed by atoms with Gasteiger partial charge in [0, 0.05) is 50.6 Å². The second kappa shape index (κ2) is 11.6. The molecule has 1 atom stereocenters. The highest BCUT2D eigenvalue weighted by atomic mass is 79.9. The van der Waals surface area contributed by atoms with Crippen LogP contribution in [0.25, 0.3) is 22.2 Å². The van der Waals surface area contributed by atoms with Crippen molar-refractivity contribution in [3.8, 4) is 22.8 Å². The Bertz CT molecular complexity index is 2050. The molecule has 1 aromatic heterocycles. The SMILES string of the molecule is COc1ccc(CN2C(=O)c3cc(Br)cc(-c4c(OC(C)=O)c5cc(F)ccc5n4C(N)=O)c3C2c2cc(F)ccc2Cl)cc1. The van der Waals surface area contributed by atoms with E-state index in [0.29, 0.717) is 15.8 Å². The van der Waals surface area contributed by atoms with E-state index >= 15 is 0 Å². The Hall–Kier alpha value is -4.74. The maximum absolute atomic E-state index is 14.8. The van der Waals surface area contributed by atoms with E-state index in [1.54, 1.807) is 43.5 Å². The highest BCUT2D eigenvalue weighted by Crippen LogP contribution is 2.51. The third-order valence-corrected chi connectivity index (χ3v) is 8.39. The number of carbonyl (C=O) groups excluding carboxylic acids is 3. The number of carbonyl (C=O) groups is 3. The van der Waals surface area contributed by atoms with Crippen LogP contribution in [-0.2, 0) is 11.3 Å². The topological polar surface area (TPSA) is 104 Å². The van der Waals surface area contributed by atoms with Crippen LogP contribution in [0.3, 0.4) is 0 Å². The van der Waals surface area contributed by atoms with Gasteiger partial charge in [0.2, 0.25) is 0 Å². The molecule has 228 valence electrons. The molecule has 1 unspecified atom stereocenters. The van der Waals surface area contributed by atoms with Gasteiger partial charge in [-0.15, -0.1) is 0 Å². The minimum absolute atomic E-state index is 0.00692. The van der Waals surface area contributed by atoms with Gasteiger partial charge in [-0.3, -0.25) is 14.2 Å². The Balaban J connectivity index is 1.69. The van der Waals surface area contributed by atoms with Gasteiger partial charge in [0.15, 0.2) is 5.75 Å². The van der Waals surface area contributed by atoms with Crippen molar-refractivity contribution in [2.75, 3.05) is 7.11 Å². The molecular weight excluding hydrogens is 672 g/mol. The first-order valence-electron chi connectivity index (χ1n) is 13.5. The molecule has 4 aromatic carbocycles. The van der Waals surface area contributed by atoms with Crippen molar-refractivity contribution >= 4 is 56.3 Å². The zero-order valence-electron chi connectivity index (χ0n) is 23.7. The number of nitrogens with zero attached hydrogens (tertiary/aromatic N) is 2. The molecule has 1 aliphatic rings. The number of benzene rings is 4. The number of esters is 1. The second-order valence-electron chi connectivity index (χ2n) is 10.4. The number of hydrogen-bond acceptors (Lipinski definition) is 5. The normalized spacial score (nSPS) is 14.1. The molecule has 0 saturated carbocycles. The molecule has 6 rings (SSSR count). The lowest BCUT2D eigenvalue weighted by atomic mass is 9.91. The molecule has 45 heavy (non-hydrogen) atoms. The number of rotatable bonds is 6. The van der Waals surface area contributed by atoms with Crippen LogP contribution in [0.15, 0.2) is 77.3 Å². The van der Waals surface area contributed by atoms with E-state index in [2.05, 4.69) is 15.9 Å². The summed E-state index contributed by atoms with van der Waals surface area (Å²) in [6, 6.07) is 15.9. The minimum Gasteiger partial charge on any atom is -0.497 e. The van der Waals surface area contributed by atoms with Crippen molar-refractivity contribution in [1.29, 1.82) is 0 Å². The van der Waals surface area contributed by atoms with Crippen molar-refractivity contribution in [2.24, 2.45) is 5.73 Å². The summed E-state index contributed by atoms with van der Waals surface area (Å²) in [7, 11) is 1.54. The summed E-state index contributed by atoms with van der Waals surface area (Å²) < 4.78 is 41.7. The molecule has 0 fully saturated rings. The van der Waals surface area contributed by atoms with Gasteiger partial charge >= 0.3 is 12.0 Å². The summed E-state index contributed by atoms with van der Waals surface area (Å²) >= 11 is 10.1. The number of hydrogen-bond donors (Lipinski definition) is 1. The van der Waals surface area contributed by atoms with Crippen LogP contribution in [0, 0.1) is 11.6 Å². The fourth-order valence-corrected chi connectivity index (χ4v) is 6.48. The quantitative estimate of drug-likeness (QED) is 0.184. The molecule has 0 saturated heterocycles. The monoisotopic (exact) mass is 693 g/mol. The molecule has 8 nitrogen and oxygen atoms in total. The van der Waals surface area contributed by atoms with Gasteiger partial charge in [-0.2, -0.15) is 0 Å². The number of halogens is 4. The molecule has 0 aliphatic carbocycles. The van der Waals surface area contributed by atoms with Crippen LogP contribution in [0.2, 0.25) is 5.02 Å². The summed E-state index contributed by atoms with van der Waals surface area (Å²) in [4.78, 5) is 41.2. The van der Waals surface area contributed by atoms with Gasteiger partial charge in [-0.1, -0.05) is 39.7 Å². The third-order valence-electron chi connectivity index (χ3n) is 7.59. The standard InChI is InChI=1S/C33H23BrClF2N3O5/c1-16(41)45-31-23-14-20(37)6-10-27(23)40(33(38)43)30(31)24-11-18(34)12-25-28(24)29(22-13-19(36)5-9-26(22)35)39(32(25)42)15-17-3-7-21(44-2)8-4-17/h3-14,29H,15H2,1-2H3,(H2,38,43). The molecule has 2 amide bonds. The Morgan fingerprint density at radius 3 is 2.31 bits per heavy atom. The summed E-state index contributed by atoms with van der Waals surface area (Å²) in [5, 5.41) is 0.292. The Labute approximate surface area is 269 Å². The maximum atomic E-state index is 14.8. The van der Waals surface area contributed by atoms with E-state index in [1.165, 1.54) is 29.2 Å². The lowest BCUT2D eigenvalue weighted by Gasteiger charge is -2.28. The number of amides is 2. The first kappa shape index (κ1) is 30.3. The largest absolute Gasteiger partial charge is 0.497 e. The van der Waals surface area contributed by atoms with E-state index in [9.17, 15) is 23.2 Å². The molecule has 2 heterocycles. The molecule has 1 aliphatic heterocycles. The van der Waals surface area contributed by atoms with Crippen molar-refractivity contribution in [3.63, 3.8) is 0 Å². The van der Waals surface area contributed by atoms with Crippen LogP contribution in [-0.4, -0.2) is 34.5 Å². The highest BCUT2D eigenvalue weighted by molar-refractivity contribution is 9.10. The highest BCUT2D eigenvalue weighted by Gasteiger charge is 2.42. The van der Waals surface area contributed by atoms with Crippen molar-refractivity contribution in [1.82, 2.24) is 9.47 Å². The molecule has 5 aromatic rings. The summed E-state index contributed by atoms with van der Waals surface area (Å²) in [6.07, 6.45) is 0. The van der Waals surface area contributed by atoms with Gasteiger partial charge in [0.1, 0.15) is 23.1 Å². The fourth-order valence-electron chi connectivity index (χ4n) is 5.80. The van der Waals surface area contributed by atoms with E-state index in [0.717, 1.165) is 29.2 Å². The number of primary amides is 1. The van der Waals surface area contributed by atoms with Crippen LogP contribution >= 0.6 is 27.5 Å². The number of ether oxygens (including phenoxy) is 2. The number of aromatic nitrogens is 1. The average Bonchev–Trinajstić information content (AvgIpc) is 3.45. The van der Waals surface area contributed by atoms with Crippen molar-refractivity contribution < 1.29 is 32.6 Å². The number of nitrogens with two attached hydrogens (primary N) is 1. The van der Waals surface area contributed by atoms with Crippen LogP contribution in [0.1, 0.15) is 40.0 Å². The summed E-state index contributed by atoms with van der Waals surface area (Å²) in [6.45, 7) is 1.25. The first-order valence-corrected chi connectivity index (χ1v) is 14.7. The molecule has 0 spiro atoms. The Morgan fingerprint density at radius 1 is 0.978 bits per heavy atom. The molecular formula is C33H23BrClF2N3O5. The number of methoxy groups -OCH3 is 1. The Kier molecular flexibility index (Phi) is 7.84. The van der Waals surface area contributed by atoms with Crippen LogP contribution in [0.5, 0.6) is 11.5 Å². The predicted molar refractivity (Wildman–Crippen MR) is 167 cm³/mol. The summed E-state index contributed by atoms with van der Waals surface area (Å²) in [5.74, 6) is -1.89. The van der Waals surface area contributed by atoms with E-state index in [-0.39, 0.29) is 50.6 Å². The lowest BCUT2D eigenvalue weighted by molar-refractivity contribution is -0.131. The Morgan fingerprint density at radius 2 is 1.64 bits per heavy atom. The molecule has 0 radical (unpaired) electrons. The molecule has 2 N–H and O–H groups in total. The van der Waals surface area contributed by atoms with Crippen molar-refractivity contribution in [2.45, 2.75) is 19.5 Å². The van der Waals surface area contributed by atoms with Gasteiger partial charge < -0.3 is 20.1 Å².